The molecule has 0 spiro atoms. The molecule has 164 valence electrons. The number of benzene rings is 1. The van der Waals surface area contributed by atoms with Crippen LogP contribution in [0.2, 0.25) is 0 Å². The summed E-state index contributed by atoms with van der Waals surface area (Å²) in [5.41, 5.74) is 1.04. The van der Waals surface area contributed by atoms with E-state index in [1.54, 1.807) is 30.5 Å². The summed E-state index contributed by atoms with van der Waals surface area (Å²) < 4.78 is 10.7. The summed E-state index contributed by atoms with van der Waals surface area (Å²) in [5.74, 6) is 0.901. The van der Waals surface area contributed by atoms with Crippen LogP contribution in [-0.2, 0) is 22.6 Å². The number of halogens is 1. The van der Waals surface area contributed by atoms with Crippen molar-refractivity contribution in [2.24, 2.45) is 0 Å². The lowest BCUT2D eigenvalue weighted by molar-refractivity contribution is -0.139. The monoisotopic (exact) mass is 452 g/mol. The van der Waals surface area contributed by atoms with Crippen LogP contribution in [0.5, 0.6) is 11.5 Å². The van der Waals surface area contributed by atoms with Gasteiger partial charge in [0.05, 0.1) is 27.3 Å². The lowest BCUT2D eigenvalue weighted by atomic mass is 10.1. The number of hydrogen-bond acceptors (Lipinski definition) is 5. The van der Waals surface area contributed by atoms with Crippen molar-refractivity contribution in [2.45, 2.75) is 26.3 Å². The number of ether oxygens (including phenoxy) is 2. The number of carbonyl (C=O) groups is 2. The second kappa shape index (κ2) is 12.4. The maximum absolute atomic E-state index is 13.1. The van der Waals surface area contributed by atoms with Crippen molar-refractivity contribution >= 4 is 34.8 Å². The van der Waals surface area contributed by atoms with Gasteiger partial charge in [0, 0.05) is 18.0 Å². The Labute approximate surface area is 187 Å². The summed E-state index contributed by atoms with van der Waals surface area (Å²) in [6, 6.07) is 9.73. The molecule has 30 heavy (non-hydrogen) atoms. The molecule has 1 aromatic heterocycles. The van der Waals surface area contributed by atoms with Gasteiger partial charge < -0.3 is 19.3 Å². The largest absolute Gasteiger partial charge is 0.493 e. The van der Waals surface area contributed by atoms with Crippen LogP contribution in [-0.4, -0.2) is 61.3 Å². The Bertz CT molecular complexity index is 813. The number of thiophene rings is 1. The fraction of sp³-hybridized carbons (Fsp3) is 0.455. The van der Waals surface area contributed by atoms with E-state index in [4.69, 9.17) is 21.1 Å². The number of carbonyl (C=O) groups excluding carboxylic acids is 2. The number of hydrogen-bond donors (Lipinski definition) is 0. The zero-order valence-electron chi connectivity index (χ0n) is 17.7. The Balaban J connectivity index is 2.12. The van der Waals surface area contributed by atoms with E-state index in [0.29, 0.717) is 37.6 Å². The average Bonchev–Trinajstić information content (AvgIpc) is 3.28. The summed E-state index contributed by atoms with van der Waals surface area (Å²) >= 11 is 7.33. The van der Waals surface area contributed by atoms with E-state index in [1.165, 1.54) is 4.90 Å². The van der Waals surface area contributed by atoms with Gasteiger partial charge in [0.15, 0.2) is 11.5 Å². The summed E-state index contributed by atoms with van der Waals surface area (Å²) in [4.78, 5) is 29.6. The molecule has 0 saturated heterocycles. The quantitative estimate of drug-likeness (QED) is 0.459. The van der Waals surface area contributed by atoms with Crippen LogP contribution in [0.1, 0.15) is 23.8 Å². The summed E-state index contributed by atoms with van der Waals surface area (Å²) in [6.45, 7) is 3.57. The highest BCUT2D eigenvalue weighted by molar-refractivity contribution is 7.09. The van der Waals surface area contributed by atoms with Gasteiger partial charge in [-0.05, 0) is 42.0 Å². The standard InChI is InChI=1S/C22H29ClN2O4S/c1-4-10-24(21(26)14-23)16-22(27)25(15-18-6-5-12-30-18)11-9-17-7-8-19(28-2)20(13-17)29-3/h5-8,12-13H,4,9-11,14-16H2,1-3H3. The minimum atomic E-state index is -0.220. The minimum absolute atomic E-state index is 0.0384. The fourth-order valence-corrected chi connectivity index (χ4v) is 3.98. The molecular weight excluding hydrogens is 424 g/mol. The second-order valence-electron chi connectivity index (χ2n) is 6.78. The van der Waals surface area contributed by atoms with Gasteiger partial charge in [0.25, 0.3) is 0 Å². The van der Waals surface area contributed by atoms with E-state index in [-0.39, 0.29) is 24.2 Å². The predicted molar refractivity (Wildman–Crippen MR) is 121 cm³/mol. The molecule has 6 nitrogen and oxygen atoms in total. The molecule has 1 aromatic carbocycles. The number of rotatable bonds is 12. The molecule has 0 aliphatic rings. The van der Waals surface area contributed by atoms with Crippen LogP contribution in [0.15, 0.2) is 35.7 Å². The second-order valence-corrected chi connectivity index (χ2v) is 8.08. The van der Waals surface area contributed by atoms with Crippen molar-refractivity contribution in [3.63, 3.8) is 0 Å². The zero-order chi connectivity index (χ0) is 21.9. The van der Waals surface area contributed by atoms with E-state index >= 15 is 0 Å². The van der Waals surface area contributed by atoms with Gasteiger partial charge in [-0.2, -0.15) is 0 Å². The van der Waals surface area contributed by atoms with Gasteiger partial charge in [-0.25, -0.2) is 0 Å². The summed E-state index contributed by atoms with van der Waals surface area (Å²) in [5, 5.41) is 1.99. The summed E-state index contributed by atoms with van der Waals surface area (Å²) in [7, 11) is 3.20. The number of amides is 2. The van der Waals surface area contributed by atoms with Gasteiger partial charge in [-0.1, -0.05) is 19.1 Å². The van der Waals surface area contributed by atoms with Crippen molar-refractivity contribution in [1.29, 1.82) is 0 Å². The average molecular weight is 453 g/mol. The van der Waals surface area contributed by atoms with Crippen molar-refractivity contribution in [2.75, 3.05) is 39.7 Å². The van der Waals surface area contributed by atoms with Crippen LogP contribution in [0, 0.1) is 0 Å². The van der Waals surface area contributed by atoms with Crippen molar-refractivity contribution in [1.82, 2.24) is 9.80 Å². The zero-order valence-corrected chi connectivity index (χ0v) is 19.3. The third-order valence-electron chi connectivity index (χ3n) is 4.68. The van der Waals surface area contributed by atoms with Gasteiger partial charge >= 0.3 is 0 Å². The number of methoxy groups -OCH3 is 2. The topological polar surface area (TPSA) is 59.1 Å². The number of nitrogens with zero attached hydrogens (tertiary/aromatic N) is 2. The third-order valence-corrected chi connectivity index (χ3v) is 5.77. The van der Waals surface area contributed by atoms with Gasteiger partial charge in [0.2, 0.25) is 11.8 Å². The first kappa shape index (κ1) is 24.0. The smallest absolute Gasteiger partial charge is 0.242 e. The van der Waals surface area contributed by atoms with Crippen LogP contribution < -0.4 is 9.47 Å². The van der Waals surface area contributed by atoms with Gasteiger partial charge in [-0.15, -0.1) is 22.9 Å². The van der Waals surface area contributed by atoms with Crippen LogP contribution >= 0.6 is 22.9 Å². The normalized spacial score (nSPS) is 10.5. The van der Waals surface area contributed by atoms with E-state index < -0.39 is 0 Å². The Morgan fingerprint density at radius 3 is 2.40 bits per heavy atom. The molecule has 1 heterocycles. The highest BCUT2D eigenvalue weighted by Gasteiger charge is 2.21. The maximum atomic E-state index is 13.1. The molecular formula is C22H29ClN2O4S. The van der Waals surface area contributed by atoms with E-state index in [1.807, 2.05) is 42.6 Å². The van der Waals surface area contributed by atoms with Crippen LogP contribution in [0.4, 0.5) is 0 Å². The molecule has 0 aliphatic heterocycles. The van der Waals surface area contributed by atoms with Crippen LogP contribution in [0.25, 0.3) is 0 Å². The highest BCUT2D eigenvalue weighted by atomic mass is 35.5. The first-order valence-electron chi connectivity index (χ1n) is 9.87. The molecule has 0 radical (unpaired) electrons. The molecule has 2 amide bonds. The molecule has 0 aliphatic carbocycles. The molecule has 8 heteroatoms. The molecule has 2 aromatic rings. The van der Waals surface area contributed by atoms with E-state index in [9.17, 15) is 9.59 Å². The van der Waals surface area contributed by atoms with Gasteiger partial charge in [-0.3, -0.25) is 9.59 Å². The highest BCUT2D eigenvalue weighted by Crippen LogP contribution is 2.27. The lowest BCUT2D eigenvalue weighted by Crippen LogP contribution is -2.44. The molecule has 2 rings (SSSR count). The number of alkyl halides is 1. The predicted octanol–water partition coefficient (Wildman–Crippen LogP) is 3.81. The minimum Gasteiger partial charge on any atom is -0.493 e. The summed E-state index contributed by atoms with van der Waals surface area (Å²) in [6.07, 6.45) is 1.43. The molecule has 0 saturated carbocycles. The molecule has 0 unspecified atom stereocenters. The molecule has 0 atom stereocenters. The van der Waals surface area contributed by atoms with Crippen LogP contribution in [0.3, 0.4) is 0 Å². The Kier molecular flexibility index (Phi) is 9.97. The maximum Gasteiger partial charge on any atom is 0.242 e. The SMILES string of the molecule is CCCN(CC(=O)N(CCc1ccc(OC)c(OC)c1)Cc1cccs1)C(=O)CCl. The van der Waals surface area contributed by atoms with Crippen molar-refractivity contribution in [3.8, 4) is 11.5 Å². The first-order chi connectivity index (χ1) is 14.5. The lowest BCUT2D eigenvalue weighted by Gasteiger charge is -2.27. The first-order valence-corrected chi connectivity index (χ1v) is 11.3. The Morgan fingerprint density at radius 1 is 1.03 bits per heavy atom. The molecule has 0 N–H and O–H groups in total. The van der Waals surface area contributed by atoms with Crippen molar-refractivity contribution < 1.29 is 19.1 Å². The molecule has 0 fully saturated rings. The molecule has 0 bridgehead atoms. The van der Waals surface area contributed by atoms with Gasteiger partial charge in [0.1, 0.15) is 5.88 Å². The fourth-order valence-electron chi connectivity index (χ4n) is 3.09. The third kappa shape index (κ3) is 6.92. The van der Waals surface area contributed by atoms with E-state index in [2.05, 4.69) is 0 Å². The van der Waals surface area contributed by atoms with E-state index in [0.717, 1.165) is 16.9 Å². The van der Waals surface area contributed by atoms with Crippen molar-refractivity contribution in [3.05, 3.63) is 46.2 Å². The Hall–Kier alpha value is -2.25. The Morgan fingerprint density at radius 2 is 1.80 bits per heavy atom.